The van der Waals surface area contributed by atoms with E-state index in [2.05, 4.69) is 11.7 Å². The van der Waals surface area contributed by atoms with Gasteiger partial charge in [0.2, 0.25) is 0 Å². The zero-order valence-electron chi connectivity index (χ0n) is 21.3. The number of aliphatic imine (C=N–C) groups is 1. The van der Waals surface area contributed by atoms with Crippen LogP contribution in [-0.4, -0.2) is 61.2 Å². The number of carbonyl (C=O) groups is 1. The monoisotopic (exact) mass is 500 g/mol. The second-order valence-electron chi connectivity index (χ2n) is 8.44. The van der Waals surface area contributed by atoms with Gasteiger partial charge in [-0.1, -0.05) is 36.5 Å². The number of nitrogens with zero attached hydrogens (tertiary/aromatic N) is 2. The molecule has 0 bridgehead atoms. The predicted molar refractivity (Wildman–Crippen MR) is 141 cm³/mol. The number of benzene rings is 1. The second-order valence-corrected chi connectivity index (χ2v) is 8.44. The van der Waals surface area contributed by atoms with Crippen LogP contribution >= 0.6 is 0 Å². The first kappa shape index (κ1) is 29.0. The topological polar surface area (TPSA) is 110 Å². The highest BCUT2D eigenvalue weighted by molar-refractivity contribution is 6.43. The van der Waals surface area contributed by atoms with Crippen molar-refractivity contribution in [3.8, 4) is 5.75 Å². The lowest BCUT2D eigenvalue weighted by Crippen LogP contribution is -2.35. The number of halogens is 1. The number of rotatable bonds is 13. The average molecular weight is 500 g/mol. The van der Waals surface area contributed by atoms with Crippen LogP contribution in [0.4, 0.5) is 10.1 Å². The average Bonchev–Trinajstić information content (AvgIpc) is 2.86. The molecular weight excluding hydrogens is 466 g/mol. The van der Waals surface area contributed by atoms with Crippen LogP contribution in [0.1, 0.15) is 55.2 Å². The van der Waals surface area contributed by atoms with Gasteiger partial charge in [-0.15, -0.1) is 0 Å². The van der Waals surface area contributed by atoms with E-state index in [1.807, 2.05) is 13.8 Å². The summed E-state index contributed by atoms with van der Waals surface area (Å²) in [5.41, 5.74) is 1.72. The first-order valence-corrected chi connectivity index (χ1v) is 12.0. The highest BCUT2D eigenvalue weighted by Gasteiger charge is 2.30. The van der Waals surface area contributed by atoms with E-state index in [0.29, 0.717) is 24.0 Å². The number of ether oxygens (including phenoxy) is 2. The van der Waals surface area contributed by atoms with Gasteiger partial charge in [0.1, 0.15) is 19.4 Å². The minimum Gasteiger partial charge on any atom is -0.490 e. The Kier molecular flexibility index (Phi) is 11.1. The molecule has 0 radical (unpaired) electrons. The fraction of sp³-hybridized carbons (Fsp3) is 0.423. The number of carbonyl (C=O) groups excluding carboxylic acids is 1. The molecule has 0 saturated heterocycles. The van der Waals surface area contributed by atoms with Gasteiger partial charge in [-0.3, -0.25) is 9.79 Å². The smallest absolute Gasteiger partial charge is 0.347 e. The van der Waals surface area contributed by atoms with Gasteiger partial charge in [0.05, 0.1) is 38.2 Å². The molecule has 2 aromatic rings. The Morgan fingerprint density at radius 2 is 1.94 bits per heavy atom. The van der Waals surface area contributed by atoms with E-state index >= 15 is 0 Å². The van der Waals surface area contributed by atoms with E-state index in [-0.39, 0.29) is 42.6 Å². The molecule has 1 heterocycles. The molecule has 0 aliphatic rings. The molecule has 0 aliphatic heterocycles. The Balaban J connectivity index is 2.86. The third-order valence-electron chi connectivity index (χ3n) is 5.76. The molecule has 1 aromatic carbocycles. The molecule has 1 unspecified atom stereocenters. The minimum atomic E-state index is -1.27. The fourth-order valence-electron chi connectivity index (χ4n) is 3.74. The van der Waals surface area contributed by atoms with Gasteiger partial charge in [0.25, 0.3) is 5.56 Å². The van der Waals surface area contributed by atoms with Gasteiger partial charge in [-0.25, -0.2) is 9.18 Å². The first-order valence-electron chi connectivity index (χ1n) is 12.0. The molecule has 2 N–H and O–H groups in total. The lowest BCUT2D eigenvalue weighted by atomic mass is 9.83. The third-order valence-corrected chi connectivity index (χ3v) is 5.76. The number of unbranched alkanes of at least 4 members (excludes halogenated alkanes) is 1. The molecule has 2 rings (SSSR count). The van der Waals surface area contributed by atoms with E-state index in [9.17, 15) is 24.2 Å². The number of pyridine rings is 1. The summed E-state index contributed by atoms with van der Waals surface area (Å²) in [5.74, 6) is -1.24. The molecule has 10 heteroatoms. The van der Waals surface area contributed by atoms with Crippen molar-refractivity contribution in [2.45, 2.75) is 52.7 Å². The molecule has 194 valence electrons. The van der Waals surface area contributed by atoms with Gasteiger partial charge >= 0.3 is 5.97 Å². The van der Waals surface area contributed by atoms with Crippen molar-refractivity contribution < 1.29 is 28.9 Å². The summed E-state index contributed by atoms with van der Waals surface area (Å²) in [7, 11) is 1.78. The fourth-order valence-corrected chi connectivity index (χ4v) is 3.74. The lowest BCUT2D eigenvalue weighted by Gasteiger charge is -2.23. The number of allylic oxidation sites excluding steroid dienone is 1. The van der Waals surface area contributed by atoms with Crippen molar-refractivity contribution in [1.82, 2.24) is 4.57 Å². The van der Waals surface area contributed by atoms with Crippen LogP contribution in [0, 0.1) is 5.82 Å². The Labute approximate surface area is 211 Å². The van der Waals surface area contributed by atoms with E-state index in [1.165, 1.54) is 16.7 Å². The molecule has 0 spiro atoms. The van der Waals surface area contributed by atoms with Crippen LogP contribution in [0.15, 0.2) is 39.6 Å². The first-order chi connectivity index (χ1) is 17.2. The third kappa shape index (κ3) is 6.92. The molecule has 0 aliphatic carbocycles. The SMILES string of the molecule is B/C(=C(/C)Cc1ccc(F)cc1)c1c(N=C)c(OCCCC)c(C(=O)OCC)c(=O)n1CC(O)CO. The minimum absolute atomic E-state index is 0.0272. The number of aromatic nitrogens is 1. The molecule has 0 amide bonds. The Morgan fingerprint density at radius 1 is 1.28 bits per heavy atom. The van der Waals surface area contributed by atoms with Gasteiger partial charge in [-0.05, 0) is 51.1 Å². The van der Waals surface area contributed by atoms with Crippen molar-refractivity contribution in [2.24, 2.45) is 4.99 Å². The normalized spacial score (nSPS) is 12.6. The standard InChI is InChI=1S/C26H34BFN2O6/c1-5-7-12-36-24-20(26(34)35-6-2)25(33)30(14-19(32)15-31)23(22(24)29-4)21(27)16(3)13-17-8-10-18(28)11-9-17/h8-11,19,31-32H,4-7,12-15,27H2,1-3H3/b21-16-. The summed E-state index contributed by atoms with van der Waals surface area (Å²) >= 11 is 0. The molecular formula is C26H34BFN2O6. The Hall–Kier alpha value is -3.24. The Bertz CT molecular complexity index is 1160. The van der Waals surface area contributed by atoms with E-state index in [4.69, 9.17) is 9.47 Å². The summed E-state index contributed by atoms with van der Waals surface area (Å²) < 4.78 is 25.6. The van der Waals surface area contributed by atoms with Crippen LogP contribution in [-0.2, 0) is 17.7 Å². The number of hydrogen-bond acceptors (Lipinski definition) is 7. The highest BCUT2D eigenvalue weighted by Crippen LogP contribution is 2.38. The van der Waals surface area contributed by atoms with Gasteiger partial charge < -0.3 is 24.3 Å². The Morgan fingerprint density at radius 3 is 2.50 bits per heavy atom. The quantitative estimate of drug-likeness (QED) is 0.189. The van der Waals surface area contributed by atoms with E-state index in [1.54, 1.807) is 26.9 Å². The van der Waals surface area contributed by atoms with Crippen LogP contribution in [0.5, 0.6) is 5.75 Å². The van der Waals surface area contributed by atoms with Crippen LogP contribution in [0.3, 0.4) is 0 Å². The number of esters is 1. The maximum Gasteiger partial charge on any atom is 0.347 e. The molecule has 0 fully saturated rings. The maximum absolute atomic E-state index is 13.7. The summed E-state index contributed by atoms with van der Waals surface area (Å²) in [6.45, 7) is 8.51. The molecule has 8 nitrogen and oxygen atoms in total. The molecule has 1 atom stereocenters. The summed E-state index contributed by atoms with van der Waals surface area (Å²) in [5, 5.41) is 19.7. The number of hydrogen-bond donors (Lipinski definition) is 2. The predicted octanol–water partition coefficient (Wildman–Crippen LogP) is 2.64. The van der Waals surface area contributed by atoms with E-state index in [0.717, 1.165) is 17.6 Å². The maximum atomic E-state index is 13.7. The number of aliphatic hydroxyl groups excluding tert-OH is 2. The lowest BCUT2D eigenvalue weighted by molar-refractivity contribution is 0.0515. The second kappa shape index (κ2) is 13.7. The van der Waals surface area contributed by atoms with Crippen molar-refractivity contribution >= 4 is 31.7 Å². The van der Waals surface area contributed by atoms with E-state index < -0.39 is 24.2 Å². The molecule has 0 saturated carbocycles. The largest absolute Gasteiger partial charge is 0.490 e. The summed E-state index contributed by atoms with van der Waals surface area (Å²) in [6.07, 6.45) is 0.684. The zero-order chi connectivity index (χ0) is 26.8. The van der Waals surface area contributed by atoms with Crippen molar-refractivity contribution in [3.05, 3.63) is 62.8 Å². The zero-order valence-corrected chi connectivity index (χ0v) is 21.3. The van der Waals surface area contributed by atoms with Gasteiger partial charge in [0.15, 0.2) is 11.3 Å². The van der Waals surface area contributed by atoms with Crippen LogP contribution < -0.4 is 10.3 Å². The van der Waals surface area contributed by atoms with Gasteiger partial charge in [0, 0.05) is 0 Å². The number of aliphatic hydroxyl groups is 2. The van der Waals surface area contributed by atoms with Crippen LogP contribution in [0.25, 0.3) is 5.47 Å². The van der Waals surface area contributed by atoms with Crippen molar-refractivity contribution in [1.29, 1.82) is 0 Å². The molecule has 1 aromatic heterocycles. The van der Waals surface area contributed by atoms with Crippen LogP contribution in [0.2, 0.25) is 0 Å². The molecule has 36 heavy (non-hydrogen) atoms. The van der Waals surface area contributed by atoms with Gasteiger partial charge in [-0.2, -0.15) is 0 Å². The summed E-state index contributed by atoms with van der Waals surface area (Å²) in [6, 6.07) is 6.08. The highest BCUT2D eigenvalue weighted by atomic mass is 19.1. The summed E-state index contributed by atoms with van der Waals surface area (Å²) in [4.78, 5) is 30.7. The van der Waals surface area contributed by atoms with Crippen molar-refractivity contribution in [2.75, 3.05) is 19.8 Å². The van der Waals surface area contributed by atoms with Crippen molar-refractivity contribution in [3.63, 3.8) is 0 Å².